The van der Waals surface area contributed by atoms with Crippen LogP contribution in [0.15, 0.2) is 47.9 Å². The van der Waals surface area contributed by atoms with Crippen LogP contribution in [0, 0.1) is 11.7 Å². The molecule has 0 spiro atoms. The minimum atomic E-state index is -3.51. The van der Waals surface area contributed by atoms with E-state index in [1.165, 1.54) is 40.2 Å². The van der Waals surface area contributed by atoms with E-state index in [0.29, 0.717) is 29.7 Å². The highest BCUT2D eigenvalue weighted by atomic mass is 32.2. The molecule has 0 aliphatic carbocycles. The molecule has 3 aliphatic heterocycles. The molecule has 18 heteroatoms. The topological polar surface area (TPSA) is 148 Å². The van der Waals surface area contributed by atoms with E-state index >= 15 is 13.2 Å². The molecular formula is C40H54F3N7O7S. The van der Waals surface area contributed by atoms with Crippen molar-refractivity contribution in [3.05, 3.63) is 70.4 Å². The number of pyridine rings is 1. The first kappa shape index (κ1) is 43.0. The van der Waals surface area contributed by atoms with Gasteiger partial charge in [0.15, 0.2) is 0 Å². The summed E-state index contributed by atoms with van der Waals surface area (Å²) in [4.78, 5) is 38.9. The Hall–Kier alpha value is -4.58. The summed E-state index contributed by atoms with van der Waals surface area (Å²) in [6.45, 7) is 8.32. The maximum Gasteiger partial charge on any atom is 0.410 e. The number of rotatable bonds is 14. The van der Waals surface area contributed by atoms with Gasteiger partial charge in [0.25, 0.3) is 11.5 Å². The number of fused-ring (bicyclic) bond motifs is 1. The zero-order valence-electron chi connectivity index (χ0n) is 33.8. The number of hydrogen-bond donors (Lipinski definition) is 1. The number of benzene rings is 1. The van der Waals surface area contributed by atoms with Gasteiger partial charge in [-0.25, -0.2) is 36.4 Å². The number of piperidine rings is 1. The first-order valence-electron chi connectivity index (χ1n) is 19.9. The van der Waals surface area contributed by atoms with E-state index in [0.717, 1.165) is 38.0 Å². The average molecular weight is 834 g/mol. The molecular weight excluding hydrogens is 780 g/mol. The number of ether oxygens (including phenoxy) is 3. The number of sulfonamides is 1. The van der Waals surface area contributed by atoms with Crippen molar-refractivity contribution in [2.45, 2.75) is 103 Å². The van der Waals surface area contributed by atoms with Crippen molar-refractivity contribution in [2.24, 2.45) is 5.92 Å². The lowest BCUT2D eigenvalue weighted by atomic mass is 9.85. The van der Waals surface area contributed by atoms with E-state index < -0.39 is 51.0 Å². The molecule has 14 nitrogen and oxygen atoms in total. The number of piperazine rings is 1. The van der Waals surface area contributed by atoms with Gasteiger partial charge in [-0.05, 0) is 59.4 Å². The van der Waals surface area contributed by atoms with Gasteiger partial charge >= 0.3 is 6.09 Å². The van der Waals surface area contributed by atoms with Crippen LogP contribution in [0.1, 0.15) is 89.8 Å². The van der Waals surface area contributed by atoms with Crippen molar-refractivity contribution in [2.75, 3.05) is 55.7 Å². The number of carbonyl (C=O) groups is 1. The molecule has 1 N–H and O–H groups in total. The van der Waals surface area contributed by atoms with Crippen LogP contribution in [0.4, 0.5) is 29.5 Å². The molecule has 2 aromatic heterocycles. The quantitative estimate of drug-likeness (QED) is 0.173. The summed E-state index contributed by atoms with van der Waals surface area (Å²) in [6.07, 6.45) is 8.61. The van der Waals surface area contributed by atoms with Crippen molar-refractivity contribution in [1.29, 1.82) is 0 Å². The highest BCUT2D eigenvalue weighted by molar-refractivity contribution is 7.88. The van der Waals surface area contributed by atoms with E-state index in [-0.39, 0.29) is 75.3 Å². The molecule has 0 radical (unpaired) electrons. The molecule has 58 heavy (non-hydrogen) atoms. The standard InChI is InChI=1S/C40H54F3N7O7S/c1-27(29-11-10-12-31(34(29)41)40(42,43)28-14-17-48(18-15-28)38(52)57-39(2,3)4)46-35-30-25-32(47-19-21-49(22-20-47)58(5,53)54)37(51)50(36(30)45-26-44-35)16-9-7-6-8-13-33-55-23-24-56-33/h10-12,23-28,33H,6-9,13-22H2,1-5H3,(H,44,45,46)/t27-/m1/s1. The van der Waals surface area contributed by atoms with Crippen molar-refractivity contribution in [1.82, 2.24) is 23.7 Å². The van der Waals surface area contributed by atoms with Crippen molar-refractivity contribution in [3.63, 3.8) is 0 Å². The van der Waals surface area contributed by atoms with Crippen LogP contribution in [0.3, 0.4) is 0 Å². The van der Waals surface area contributed by atoms with Gasteiger partial charge in [0, 0.05) is 63.7 Å². The van der Waals surface area contributed by atoms with E-state index in [9.17, 15) is 18.0 Å². The van der Waals surface area contributed by atoms with Gasteiger partial charge < -0.3 is 29.3 Å². The molecule has 0 unspecified atom stereocenters. The summed E-state index contributed by atoms with van der Waals surface area (Å²) in [6, 6.07) is 4.79. The second kappa shape index (κ2) is 17.7. The number of unbranched alkanes of at least 4 members (excludes halogenated alkanes) is 3. The lowest BCUT2D eigenvalue weighted by molar-refractivity contribution is -0.0885. The number of aromatic nitrogens is 3. The van der Waals surface area contributed by atoms with Crippen LogP contribution >= 0.6 is 0 Å². The number of hydrogen-bond acceptors (Lipinski definition) is 11. The lowest BCUT2D eigenvalue weighted by Crippen LogP contribution is -2.50. The molecule has 1 atom stereocenters. The summed E-state index contributed by atoms with van der Waals surface area (Å²) in [5, 5.41) is 3.68. The number of amides is 1. The molecule has 1 amide bonds. The number of nitrogens with one attached hydrogen (secondary N) is 1. The summed E-state index contributed by atoms with van der Waals surface area (Å²) < 4.78 is 92.0. The third-order valence-corrected chi connectivity index (χ3v) is 12.2. The van der Waals surface area contributed by atoms with Gasteiger partial charge in [-0.3, -0.25) is 9.36 Å². The van der Waals surface area contributed by atoms with Crippen molar-refractivity contribution >= 4 is 38.7 Å². The van der Waals surface area contributed by atoms with Gasteiger partial charge in [-0.15, -0.1) is 0 Å². The fraction of sp³-hybridized carbons (Fsp3) is 0.600. The smallest absolute Gasteiger partial charge is 0.410 e. The fourth-order valence-corrected chi connectivity index (χ4v) is 8.54. The largest absolute Gasteiger partial charge is 0.459 e. The summed E-state index contributed by atoms with van der Waals surface area (Å²) in [7, 11) is -3.41. The Morgan fingerprint density at radius 3 is 2.33 bits per heavy atom. The Labute approximate surface area is 337 Å². The highest BCUT2D eigenvalue weighted by Crippen LogP contribution is 2.44. The Bertz CT molecular complexity index is 2120. The molecule has 6 rings (SSSR count). The maximum absolute atomic E-state index is 16.3. The number of carbonyl (C=O) groups excluding carboxylic acids is 1. The third-order valence-electron chi connectivity index (χ3n) is 10.9. The van der Waals surface area contributed by atoms with Crippen LogP contribution in [0.2, 0.25) is 0 Å². The van der Waals surface area contributed by atoms with Gasteiger partial charge in [-0.2, -0.15) is 4.31 Å². The van der Waals surface area contributed by atoms with Gasteiger partial charge in [0.2, 0.25) is 16.3 Å². The Morgan fingerprint density at radius 1 is 1.00 bits per heavy atom. The van der Waals surface area contributed by atoms with Crippen LogP contribution in [-0.4, -0.2) is 95.7 Å². The van der Waals surface area contributed by atoms with Crippen molar-refractivity contribution in [3.8, 4) is 0 Å². The molecule has 3 aromatic rings. The van der Waals surface area contributed by atoms with E-state index in [2.05, 4.69) is 15.3 Å². The van der Waals surface area contributed by atoms with Crippen LogP contribution < -0.4 is 15.8 Å². The Balaban J connectivity index is 1.22. The Kier molecular flexibility index (Phi) is 13.1. The fourth-order valence-electron chi connectivity index (χ4n) is 7.71. The normalized spacial score (nSPS) is 18.0. The number of anilines is 2. The molecule has 2 saturated heterocycles. The number of alkyl halides is 2. The second-order valence-electron chi connectivity index (χ2n) is 16.2. The molecule has 3 aliphatic rings. The molecule has 2 fully saturated rings. The maximum atomic E-state index is 16.3. The molecule has 0 bridgehead atoms. The van der Waals surface area contributed by atoms with E-state index in [4.69, 9.17) is 14.2 Å². The minimum absolute atomic E-state index is 0.00440. The van der Waals surface area contributed by atoms with Gasteiger partial charge in [0.05, 0.1) is 23.2 Å². The summed E-state index contributed by atoms with van der Waals surface area (Å²) >= 11 is 0. The zero-order valence-corrected chi connectivity index (χ0v) is 34.6. The average Bonchev–Trinajstić information content (AvgIpc) is 3.70. The molecule has 318 valence electrons. The third kappa shape index (κ3) is 9.98. The predicted octanol–water partition coefficient (Wildman–Crippen LogP) is 6.72. The molecule has 0 saturated carbocycles. The second-order valence-corrected chi connectivity index (χ2v) is 18.2. The first-order chi connectivity index (χ1) is 27.4. The van der Waals surface area contributed by atoms with Crippen LogP contribution in [0.5, 0.6) is 0 Å². The van der Waals surface area contributed by atoms with Crippen LogP contribution in [0.25, 0.3) is 11.0 Å². The number of halogens is 3. The number of aryl methyl sites for hydroxylation is 1. The minimum Gasteiger partial charge on any atom is -0.459 e. The SMILES string of the molecule is C[C@@H](Nc1ncnc2c1cc(N1CCN(S(C)(=O)=O)CC1)c(=O)n2CCCCCCC1OC=CO1)c1cccc(C(F)(F)C2CCN(C(=O)OC(C)(C)C)CC2)c1F. The molecule has 5 heterocycles. The number of nitrogens with zero attached hydrogens (tertiary/aromatic N) is 6. The van der Waals surface area contributed by atoms with E-state index in [1.54, 1.807) is 38.3 Å². The first-order valence-corrected chi connectivity index (χ1v) is 21.7. The lowest BCUT2D eigenvalue weighted by Gasteiger charge is -2.37. The summed E-state index contributed by atoms with van der Waals surface area (Å²) in [5.74, 6) is -5.46. The highest BCUT2D eigenvalue weighted by Gasteiger charge is 2.46. The van der Waals surface area contributed by atoms with Gasteiger partial charge in [-0.1, -0.05) is 31.0 Å². The molecule has 1 aromatic carbocycles. The predicted molar refractivity (Wildman–Crippen MR) is 213 cm³/mol. The number of likely N-dealkylation sites (tertiary alicyclic amines) is 1. The van der Waals surface area contributed by atoms with Crippen LogP contribution in [-0.2, 0) is 36.7 Å². The Morgan fingerprint density at radius 2 is 1.67 bits per heavy atom. The van der Waals surface area contributed by atoms with Gasteiger partial charge in [0.1, 0.15) is 47.4 Å². The van der Waals surface area contributed by atoms with E-state index in [1.807, 2.05) is 4.90 Å². The van der Waals surface area contributed by atoms with Crippen molar-refractivity contribution < 1.29 is 40.6 Å². The monoisotopic (exact) mass is 833 g/mol. The zero-order chi connectivity index (χ0) is 41.8. The summed E-state index contributed by atoms with van der Waals surface area (Å²) in [5.41, 5.74) is -1.01.